The molecule has 2 rings (SSSR count). The predicted octanol–water partition coefficient (Wildman–Crippen LogP) is -0.417. The quantitative estimate of drug-likeness (QED) is 0.574. The highest BCUT2D eigenvalue weighted by atomic mass is 16.4. The highest BCUT2D eigenvalue weighted by Crippen LogP contribution is 2.11. The average Bonchev–Trinajstić information content (AvgIpc) is 2.75. The van der Waals surface area contributed by atoms with Gasteiger partial charge >= 0.3 is 5.97 Å². The van der Waals surface area contributed by atoms with Crippen molar-refractivity contribution < 1.29 is 9.90 Å². The summed E-state index contributed by atoms with van der Waals surface area (Å²) >= 11 is 0. The zero-order valence-electron chi connectivity index (χ0n) is 7.99. The second kappa shape index (κ2) is 3.96. The van der Waals surface area contributed by atoms with E-state index in [0.717, 1.165) is 18.8 Å². The maximum absolute atomic E-state index is 10.6. The summed E-state index contributed by atoms with van der Waals surface area (Å²) in [5.41, 5.74) is 0. The molecule has 2 aliphatic rings. The van der Waals surface area contributed by atoms with E-state index < -0.39 is 12.0 Å². The fraction of sp³-hybridized carbons (Fsp3) is 0.778. The first-order valence-electron chi connectivity index (χ1n) is 5.02. The minimum absolute atomic E-state index is 0.372. The zero-order chi connectivity index (χ0) is 9.97. The Morgan fingerprint density at radius 3 is 3.07 bits per heavy atom. The van der Waals surface area contributed by atoms with Crippen molar-refractivity contribution in [3.05, 3.63) is 0 Å². The van der Waals surface area contributed by atoms with Crippen LogP contribution in [-0.2, 0) is 4.79 Å². The van der Waals surface area contributed by atoms with Gasteiger partial charge in [0.15, 0.2) is 0 Å². The van der Waals surface area contributed by atoms with Crippen molar-refractivity contribution >= 4 is 11.8 Å². The molecule has 0 bridgehead atoms. The maximum atomic E-state index is 10.6. The largest absolute Gasteiger partial charge is 0.480 e. The van der Waals surface area contributed by atoms with Gasteiger partial charge in [-0.3, -0.25) is 4.99 Å². The van der Waals surface area contributed by atoms with Crippen molar-refractivity contribution in [2.24, 2.45) is 4.99 Å². The van der Waals surface area contributed by atoms with Crippen LogP contribution in [0.5, 0.6) is 0 Å². The van der Waals surface area contributed by atoms with E-state index in [2.05, 4.69) is 15.6 Å². The summed E-state index contributed by atoms with van der Waals surface area (Å²) in [5.74, 6) is 0.0277. The van der Waals surface area contributed by atoms with Gasteiger partial charge in [0, 0.05) is 12.5 Å². The molecule has 0 radical (unpaired) electrons. The third kappa shape index (κ3) is 2.04. The number of nitrogens with zero attached hydrogens (tertiary/aromatic N) is 1. The summed E-state index contributed by atoms with van der Waals surface area (Å²) < 4.78 is 0. The van der Waals surface area contributed by atoms with Crippen LogP contribution >= 0.6 is 0 Å². The second-order valence-electron chi connectivity index (χ2n) is 3.82. The number of aliphatic imine (C=N–C) groups is 1. The Morgan fingerprint density at radius 1 is 1.64 bits per heavy atom. The lowest BCUT2D eigenvalue weighted by molar-refractivity contribution is -0.138. The SMILES string of the molecule is O=C(O)C1CN=C(CC2CCCN2)N1. The number of carboxylic acid groups (broad SMARTS) is 1. The van der Waals surface area contributed by atoms with Crippen molar-refractivity contribution in [1.29, 1.82) is 0 Å². The van der Waals surface area contributed by atoms with Crippen LogP contribution in [0, 0.1) is 0 Å². The molecule has 2 atom stereocenters. The molecule has 0 aromatic heterocycles. The van der Waals surface area contributed by atoms with Crippen molar-refractivity contribution in [3.8, 4) is 0 Å². The lowest BCUT2D eigenvalue weighted by atomic mass is 10.1. The summed E-state index contributed by atoms with van der Waals surface area (Å²) in [6.45, 7) is 1.44. The van der Waals surface area contributed by atoms with E-state index in [9.17, 15) is 4.79 Å². The normalized spacial score (nSPS) is 31.3. The maximum Gasteiger partial charge on any atom is 0.328 e. The van der Waals surface area contributed by atoms with Crippen LogP contribution < -0.4 is 10.6 Å². The van der Waals surface area contributed by atoms with Gasteiger partial charge in [0.2, 0.25) is 0 Å². The molecule has 0 aromatic carbocycles. The van der Waals surface area contributed by atoms with E-state index in [0.29, 0.717) is 12.6 Å². The Morgan fingerprint density at radius 2 is 2.50 bits per heavy atom. The fourth-order valence-electron chi connectivity index (χ4n) is 1.92. The van der Waals surface area contributed by atoms with Crippen molar-refractivity contribution in [1.82, 2.24) is 10.6 Å². The number of rotatable bonds is 3. The van der Waals surface area contributed by atoms with Crippen LogP contribution in [0.15, 0.2) is 4.99 Å². The van der Waals surface area contributed by atoms with E-state index in [1.807, 2.05) is 0 Å². The highest BCUT2D eigenvalue weighted by Gasteiger charge is 2.26. The van der Waals surface area contributed by atoms with Gasteiger partial charge in [0.1, 0.15) is 6.04 Å². The fourth-order valence-corrected chi connectivity index (χ4v) is 1.92. The summed E-state index contributed by atoms with van der Waals surface area (Å²) in [4.78, 5) is 14.8. The Bertz CT molecular complexity index is 259. The van der Waals surface area contributed by atoms with Gasteiger partial charge in [-0.25, -0.2) is 4.79 Å². The van der Waals surface area contributed by atoms with Crippen LogP contribution in [0.25, 0.3) is 0 Å². The lowest BCUT2D eigenvalue weighted by Gasteiger charge is -2.11. The lowest BCUT2D eigenvalue weighted by Crippen LogP contribution is -2.39. The van der Waals surface area contributed by atoms with Crippen LogP contribution in [0.1, 0.15) is 19.3 Å². The van der Waals surface area contributed by atoms with Crippen LogP contribution in [-0.4, -0.2) is 42.1 Å². The Kier molecular flexibility index (Phi) is 2.67. The first kappa shape index (κ1) is 9.45. The Labute approximate surface area is 82.6 Å². The number of aliphatic carboxylic acids is 1. The third-order valence-electron chi connectivity index (χ3n) is 2.71. The Balaban J connectivity index is 1.80. The molecule has 0 amide bonds. The second-order valence-corrected chi connectivity index (χ2v) is 3.82. The minimum Gasteiger partial charge on any atom is -0.480 e. The molecule has 2 unspecified atom stereocenters. The first-order valence-corrected chi connectivity index (χ1v) is 5.02. The number of carbonyl (C=O) groups is 1. The van der Waals surface area contributed by atoms with E-state index >= 15 is 0 Å². The average molecular weight is 197 g/mol. The van der Waals surface area contributed by atoms with E-state index in [1.165, 1.54) is 12.8 Å². The van der Waals surface area contributed by atoms with Gasteiger partial charge in [-0.1, -0.05) is 0 Å². The summed E-state index contributed by atoms with van der Waals surface area (Å²) in [6, 6.07) is -0.0276. The molecular formula is C9H15N3O2. The number of hydrogen-bond donors (Lipinski definition) is 3. The minimum atomic E-state index is -0.817. The van der Waals surface area contributed by atoms with E-state index in [-0.39, 0.29) is 0 Å². The van der Waals surface area contributed by atoms with Gasteiger partial charge in [-0.15, -0.1) is 0 Å². The monoisotopic (exact) mass is 197 g/mol. The number of amidine groups is 1. The van der Waals surface area contributed by atoms with E-state index in [1.54, 1.807) is 0 Å². The molecule has 3 N–H and O–H groups in total. The molecule has 1 saturated heterocycles. The van der Waals surface area contributed by atoms with Crippen LogP contribution in [0.2, 0.25) is 0 Å². The molecule has 78 valence electrons. The topological polar surface area (TPSA) is 73.7 Å². The molecule has 0 saturated carbocycles. The molecule has 0 spiro atoms. The smallest absolute Gasteiger partial charge is 0.328 e. The molecule has 0 aliphatic carbocycles. The summed E-state index contributed by atoms with van der Waals surface area (Å²) in [5, 5.41) is 15.0. The van der Waals surface area contributed by atoms with Gasteiger partial charge in [-0.05, 0) is 19.4 Å². The predicted molar refractivity (Wildman–Crippen MR) is 52.5 cm³/mol. The summed E-state index contributed by atoms with van der Waals surface area (Å²) in [7, 11) is 0. The van der Waals surface area contributed by atoms with Gasteiger partial charge in [-0.2, -0.15) is 0 Å². The molecular weight excluding hydrogens is 182 g/mol. The molecule has 0 aromatic rings. The highest BCUT2D eigenvalue weighted by molar-refractivity contribution is 5.90. The number of carboxylic acids is 1. The molecule has 2 heterocycles. The van der Waals surface area contributed by atoms with Gasteiger partial charge in [0.25, 0.3) is 0 Å². The summed E-state index contributed by atoms with van der Waals surface area (Å²) in [6.07, 6.45) is 3.21. The van der Waals surface area contributed by atoms with Crippen molar-refractivity contribution in [2.75, 3.05) is 13.1 Å². The number of hydrogen-bond acceptors (Lipinski definition) is 4. The molecule has 14 heavy (non-hydrogen) atoms. The third-order valence-corrected chi connectivity index (χ3v) is 2.71. The molecule has 1 fully saturated rings. The molecule has 5 heteroatoms. The molecule has 2 aliphatic heterocycles. The van der Waals surface area contributed by atoms with Gasteiger partial charge < -0.3 is 15.7 Å². The molecule has 5 nitrogen and oxygen atoms in total. The van der Waals surface area contributed by atoms with Crippen LogP contribution in [0.4, 0.5) is 0 Å². The number of nitrogens with one attached hydrogen (secondary N) is 2. The van der Waals surface area contributed by atoms with Crippen molar-refractivity contribution in [2.45, 2.75) is 31.3 Å². The Hall–Kier alpha value is -1.10. The van der Waals surface area contributed by atoms with Crippen LogP contribution in [0.3, 0.4) is 0 Å². The van der Waals surface area contributed by atoms with Crippen molar-refractivity contribution in [3.63, 3.8) is 0 Å². The first-order chi connectivity index (χ1) is 6.75. The van der Waals surface area contributed by atoms with E-state index in [4.69, 9.17) is 5.11 Å². The standard InChI is InChI=1S/C9H15N3O2/c13-9(14)7-5-11-8(12-7)4-6-2-1-3-10-6/h6-7,10H,1-5H2,(H,11,12)(H,13,14). The van der Waals surface area contributed by atoms with Gasteiger partial charge in [0.05, 0.1) is 12.4 Å². The zero-order valence-corrected chi connectivity index (χ0v) is 7.99.